The van der Waals surface area contributed by atoms with Gasteiger partial charge in [-0.15, -0.1) is 35.3 Å². The van der Waals surface area contributed by atoms with E-state index in [2.05, 4.69) is 35.5 Å². The van der Waals surface area contributed by atoms with Gasteiger partial charge in [0.1, 0.15) is 5.01 Å². The maximum absolute atomic E-state index is 12.5. The van der Waals surface area contributed by atoms with Crippen molar-refractivity contribution in [3.05, 3.63) is 34.5 Å². The van der Waals surface area contributed by atoms with Gasteiger partial charge in [0.25, 0.3) is 0 Å². The summed E-state index contributed by atoms with van der Waals surface area (Å²) in [6.45, 7) is 8.78. The van der Waals surface area contributed by atoms with Gasteiger partial charge in [0.2, 0.25) is 11.9 Å². The van der Waals surface area contributed by atoms with Crippen LogP contribution in [0.4, 0.5) is 5.95 Å². The van der Waals surface area contributed by atoms with Crippen LogP contribution >= 0.6 is 35.3 Å². The minimum atomic E-state index is 0. The molecule has 0 radical (unpaired) electrons. The molecule has 0 atom stereocenters. The van der Waals surface area contributed by atoms with Gasteiger partial charge in [0.15, 0.2) is 5.96 Å². The first kappa shape index (κ1) is 24.3. The van der Waals surface area contributed by atoms with Crippen LogP contribution in [0.1, 0.15) is 23.2 Å². The van der Waals surface area contributed by atoms with Crippen LogP contribution in [0.25, 0.3) is 0 Å². The van der Waals surface area contributed by atoms with Gasteiger partial charge < -0.3 is 20.4 Å². The number of carbonyl (C=O) groups excluding carboxylic acids is 1. The molecule has 0 unspecified atom stereocenters. The van der Waals surface area contributed by atoms with Crippen molar-refractivity contribution in [2.75, 3.05) is 44.2 Å². The molecule has 0 saturated carbocycles. The number of nitrogens with one attached hydrogen (secondary N) is 2. The standard InChI is InChI=1S/C19H28N8OS.HI/c1-3-20-18(25-14-16-24-13-15(2)29-16)21-8-5-17(28)26-9-11-27(12-10-26)19-22-6-4-7-23-19;/h4,6-7,13H,3,5,8-12,14H2,1-2H3,(H2,20,21,25);1H. The first-order valence-electron chi connectivity index (χ1n) is 9.89. The minimum Gasteiger partial charge on any atom is -0.357 e. The topological polar surface area (TPSA) is 98.6 Å². The summed E-state index contributed by atoms with van der Waals surface area (Å²) >= 11 is 1.65. The van der Waals surface area contributed by atoms with Crippen molar-refractivity contribution in [3.8, 4) is 0 Å². The summed E-state index contributed by atoms with van der Waals surface area (Å²) in [6, 6.07) is 1.80. The van der Waals surface area contributed by atoms with Gasteiger partial charge in [0.05, 0.1) is 6.54 Å². The number of guanidine groups is 1. The molecule has 11 heteroatoms. The Labute approximate surface area is 198 Å². The molecule has 1 amide bonds. The van der Waals surface area contributed by atoms with Crippen LogP contribution in [-0.2, 0) is 11.3 Å². The van der Waals surface area contributed by atoms with Crippen LogP contribution < -0.4 is 15.5 Å². The van der Waals surface area contributed by atoms with E-state index in [-0.39, 0.29) is 29.9 Å². The zero-order valence-electron chi connectivity index (χ0n) is 17.4. The number of piperazine rings is 1. The lowest BCUT2D eigenvalue weighted by Crippen LogP contribution is -2.50. The Morgan fingerprint density at radius 2 is 1.90 bits per heavy atom. The van der Waals surface area contributed by atoms with Gasteiger partial charge in [-0.2, -0.15) is 0 Å². The molecule has 2 N–H and O–H groups in total. The average molecular weight is 544 g/mol. The fourth-order valence-corrected chi connectivity index (χ4v) is 3.73. The molecule has 3 rings (SSSR count). The molecule has 30 heavy (non-hydrogen) atoms. The second kappa shape index (κ2) is 12.6. The number of amides is 1. The number of hydrogen-bond acceptors (Lipinski definition) is 7. The van der Waals surface area contributed by atoms with E-state index in [1.807, 2.05) is 24.9 Å². The van der Waals surface area contributed by atoms with E-state index in [0.29, 0.717) is 38.6 Å². The van der Waals surface area contributed by atoms with Crippen LogP contribution in [0.15, 0.2) is 29.6 Å². The fraction of sp³-hybridized carbons (Fsp3) is 0.526. The molecule has 3 heterocycles. The number of nitrogens with zero attached hydrogens (tertiary/aromatic N) is 6. The molecule has 2 aromatic rings. The van der Waals surface area contributed by atoms with Crippen molar-refractivity contribution in [1.29, 1.82) is 0 Å². The lowest BCUT2D eigenvalue weighted by Gasteiger charge is -2.34. The van der Waals surface area contributed by atoms with Crippen molar-refractivity contribution in [3.63, 3.8) is 0 Å². The molecule has 0 bridgehead atoms. The zero-order valence-corrected chi connectivity index (χ0v) is 20.5. The highest BCUT2D eigenvalue weighted by Gasteiger charge is 2.22. The van der Waals surface area contributed by atoms with E-state index in [0.717, 1.165) is 30.6 Å². The second-order valence-electron chi connectivity index (χ2n) is 6.65. The van der Waals surface area contributed by atoms with Gasteiger partial charge in [-0.3, -0.25) is 4.79 Å². The molecule has 0 aliphatic carbocycles. The van der Waals surface area contributed by atoms with Crippen LogP contribution in [-0.4, -0.2) is 71.0 Å². The third-order valence-corrected chi connectivity index (χ3v) is 5.38. The Morgan fingerprint density at radius 1 is 1.17 bits per heavy atom. The molecule has 1 aliphatic rings. The summed E-state index contributed by atoms with van der Waals surface area (Å²) < 4.78 is 0. The van der Waals surface area contributed by atoms with Crippen LogP contribution in [0.5, 0.6) is 0 Å². The number of hydrogen-bond donors (Lipinski definition) is 2. The fourth-order valence-electron chi connectivity index (χ4n) is 3.02. The molecule has 1 fully saturated rings. The number of halogens is 1. The largest absolute Gasteiger partial charge is 0.357 e. The summed E-state index contributed by atoms with van der Waals surface area (Å²) in [6.07, 6.45) is 5.77. The first-order chi connectivity index (χ1) is 14.2. The maximum Gasteiger partial charge on any atom is 0.225 e. The minimum absolute atomic E-state index is 0. The Bertz CT molecular complexity index is 808. The third-order valence-electron chi connectivity index (χ3n) is 4.48. The SMILES string of the molecule is CCNC(=NCc1ncc(C)s1)NCCC(=O)N1CCN(c2ncccn2)CC1.I. The van der Waals surface area contributed by atoms with Crippen molar-refractivity contribution in [2.45, 2.75) is 26.8 Å². The highest BCUT2D eigenvalue weighted by molar-refractivity contribution is 14.0. The first-order valence-corrected chi connectivity index (χ1v) is 10.7. The summed E-state index contributed by atoms with van der Waals surface area (Å²) in [4.78, 5) is 35.2. The second-order valence-corrected chi connectivity index (χ2v) is 7.97. The highest BCUT2D eigenvalue weighted by atomic mass is 127. The quantitative estimate of drug-likeness (QED) is 0.311. The number of carbonyl (C=O) groups is 1. The summed E-state index contributed by atoms with van der Waals surface area (Å²) in [5.74, 6) is 1.58. The summed E-state index contributed by atoms with van der Waals surface area (Å²) in [5.41, 5.74) is 0. The van der Waals surface area contributed by atoms with Crippen molar-refractivity contribution < 1.29 is 4.79 Å². The van der Waals surface area contributed by atoms with E-state index < -0.39 is 0 Å². The van der Waals surface area contributed by atoms with Crippen LogP contribution in [0, 0.1) is 6.92 Å². The average Bonchev–Trinajstić information content (AvgIpc) is 3.18. The zero-order chi connectivity index (χ0) is 20.5. The molecule has 2 aromatic heterocycles. The number of aryl methyl sites for hydroxylation is 1. The smallest absolute Gasteiger partial charge is 0.225 e. The lowest BCUT2D eigenvalue weighted by molar-refractivity contribution is -0.131. The van der Waals surface area contributed by atoms with Crippen LogP contribution in [0.2, 0.25) is 0 Å². The van der Waals surface area contributed by atoms with E-state index in [4.69, 9.17) is 0 Å². The summed E-state index contributed by atoms with van der Waals surface area (Å²) in [7, 11) is 0. The Balaban J connectivity index is 0.00000320. The maximum atomic E-state index is 12.5. The van der Waals surface area contributed by atoms with Crippen molar-refractivity contribution in [2.24, 2.45) is 4.99 Å². The van der Waals surface area contributed by atoms with Gasteiger partial charge in [-0.05, 0) is 19.9 Å². The van der Waals surface area contributed by atoms with Crippen LogP contribution in [0.3, 0.4) is 0 Å². The number of thiazole rings is 1. The molecule has 1 saturated heterocycles. The lowest BCUT2D eigenvalue weighted by atomic mass is 10.3. The molecule has 0 aromatic carbocycles. The van der Waals surface area contributed by atoms with E-state index in [1.54, 1.807) is 29.8 Å². The molecule has 0 spiro atoms. The Morgan fingerprint density at radius 3 is 2.53 bits per heavy atom. The Hall–Kier alpha value is -2.02. The highest BCUT2D eigenvalue weighted by Crippen LogP contribution is 2.12. The van der Waals surface area contributed by atoms with Gasteiger partial charge in [0, 0.05) is 69.2 Å². The predicted octanol–water partition coefficient (Wildman–Crippen LogP) is 1.65. The molecular weight excluding hydrogens is 515 g/mol. The molecule has 164 valence electrons. The van der Waals surface area contributed by atoms with E-state index in [1.165, 1.54) is 4.88 Å². The van der Waals surface area contributed by atoms with E-state index >= 15 is 0 Å². The molecule has 9 nitrogen and oxygen atoms in total. The third kappa shape index (κ3) is 7.35. The number of aliphatic imine (C=N–C) groups is 1. The number of anilines is 1. The van der Waals surface area contributed by atoms with Crippen molar-refractivity contribution >= 4 is 53.1 Å². The monoisotopic (exact) mass is 544 g/mol. The normalized spacial score (nSPS) is 14.3. The van der Waals surface area contributed by atoms with Gasteiger partial charge >= 0.3 is 0 Å². The van der Waals surface area contributed by atoms with Gasteiger partial charge in [-0.1, -0.05) is 0 Å². The Kier molecular flexibility index (Phi) is 10.2. The summed E-state index contributed by atoms with van der Waals surface area (Å²) in [5, 5.41) is 7.43. The van der Waals surface area contributed by atoms with Crippen molar-refractivity contribution in [1.82, 2.24) is 30.5 Å². The van der Waals surface area contributed by atoms with Gasteiger partial charge in [-0.25, -0.2) is 19.9 Å². The predicted molar refractivity (Wildman–Crippen MR) is 131 cm³/mol. The van der Waals surface area contributed by atoms with E-state index in [9.17, 15) is 4.79 Å². The number of aromatic nitrogens is 3. The molecular formula is C19H29IN8OS. The number of rotatable bonds is 7. The molecule has 1 aliphatic heterocycles.